The van der Waals surface area contributed by atoms with E-state index in [1.807, 2.05) is 59.6 Å². The van der Waals surface area contributed by atoms with Gasteiger partial charge in [-0.2, -0.15) is 0 Å². The van der Waals surface area contributed by atoms with Crippen LogP contribution in [0.25, 0.3) is 0 Å². The van der Waals surface area contributed by atoms with Crippen molar-refractivity contribution in [1.29, 1.82) is 0 Å². The van der Waals surface area contributed by atoms with Crippen LogP contribution in [0.5, 0.6) is 0 Å². The molecular weight excluding hydrogens is 302 g/mol. The van der Waals surface area contributed by atoms with Crippen molar-refractivity contribution in [2.24, 2.45) is 0 Å². The molecule has 0 aromatic rings. The zero-order chi connectivity index (χ0) is 11.4. The Morgan fingerprint density at radius 3 is 1.87 bits per heavy atom. The molecule has 0 aliphatic heterocycles. The summed E-state index contributed by atoms with van der Waals surface area (Å²) < 4.78 is 0. The molecule has 0 saturated carbocycles. The van der Waals surface area contributed by atoms with Crippen LogP contribution in [-0.2, 0) is 0 Å². The number of rotatable bonds is 5. The molecule has 0 N–H and O–H groups in total. The Hall–Kier alpha value is 1.79. The number of hydrogen-bond donors (Lipinski definition) is 1. The summed E-state index contributed by atoms with van der Waals surface area (Å²) in [5.74, 6) is 0. The third kappa shape index (κ3) is 15.8. The molecule has 13 heteroatoms. The van der Waals surface area contributed by atoms with Crippen LogP contribution in [0.3, 0.4) is 0 Å². The fraction of sp³-hybridized carbons (Fsp3) is 1.00. The zero-order valence-corrected chi connectivity index (χ0v) is 11.9. The van der Waals surface area contributed by atoms with Gasteiger partial charge in [0.1, 0.15) is 0 Å². The molecule has 0 bridgehead atoms. The Bertz CT molecular complexity index is 357. The van der Waals surface area contributed by atoms with E-state index in [4.69, 9.17) is 6.53 Å². The van der Waals surface area contributed by atoms with Gasteiger partial charge < -0.3 is 0 Å². The summed E-state index contributed by atoms with van der Waals surface area (Å²) in [4.78, 5) is 0. The molecule has 0 amide bonds. The molecule has 0 spiro atoms. The van der Waals surface area contributed by atoms with Crippen molar-refractivity contribution in [2.75, 3.05) is 0 Å². The van der Waals surface area contributed by atoms with Gasteiger partial charge in [0.25, 0.3) is 0 Å². The fourth-order valence-electron chi connectivity index (χ4n) is 0.731. The third-order valence-corrected chi connectivity index (χ3v) is 2.80. The summed E-state index contributed by atoms with van der Waals surface area (Å²) in [5, 5.41) is 0. The van der Waals surface area contributed by atoms with Crippen LogP contribution in [-0.4, -0.2) is 73.0 Å². The van der Waals surface area contributed by atoms with E-state index in [0.717, 1.165) is 6.32 Å². The van der Waals surface area contributed by atoms with Gasteiger partial charge in [-0.3, -0.25) is 0 Å². The molecule has 1 atom stereocenters. The first-order chi connectivity index (χ1) is 7.27. The van der Waals surface area contributed by atoms with E-state index in [1.165, 1.54) is 0 Å². The first-order valence-corrected chi connectivity index (χ1v) is 9.07. The zero-order valence-electron chi connectivity index (χ0n) is 8.88. The molecule has 0 nitrogen and oxygen atoms in total. The van der Waals surface area contributed by atoms with E-state index in [1.54, 1.807) is 0 Å². The van der Waals surface area contributed by atoms with Gasteiger partial charge in [-0.05, 0) is 0 Å². The molecule has 60 valence electrons. The van der Waals surface area contributed by atoms with E-state index < -0.39 is 7.15 Å². The minimum atomic E-state index is -0.444. The number of halogens is 1. The summed E-state index contributed by atoms with van der Waals surface area (Å²) in [6, 6.07) is 0. The Balaban J connectivity index is 3.77. The quantitative estimate of drug-likeness (QED) is 0.341. The van der Waals surface area contributed by atoms with Crippen molar-refractivity contribution < 1.29 is 0 Å². The summed E-state index contributed by atoms with van der Waals surface area (Å²) in [6.07, 6.45) is 3.08. The fourth-order valence-corrected chi connectivity index (χ4v) is 1.55. The van der Waals surface area contributed by atoms with E-state index in [2.05, 4.69) is 34.9 Å². The number of thiol groups is 1. The van der Waals surface area contributed by atoms with Gasteiger partial charge in [-0.1, -0.05) is 0 Å². The van der Waals surface area contributed by atoms with Crippen molar-refractivity contribution in [2.45, 2.75) is 13.2 Å². The second kappa shape index (κ2) is 13.9. The van der Waals surface area contributed by atoms with Gasteiger partial charge in [-0.15, -0.1) is 0 Å². The predicted octanol–water partition coefficient (Wildman–Crippen LogP) is -1.95. The second-order valence-corrected chi connectivity index (χ2v) is 7.01. The Morgan fingerprint density at radius 1 is 0.933 bits per heavy atom. The van der Waals surface area contributed by atoms with Gasteiger partial charge in [0.15, 0.2) is 0 Å². The van der Waals surface area contributed by atoms with Crippen molar-refractivity contribution in [1.82, 2.24) is 0 Å². The second-order valence-electron chi connectivity index (χ2n) is 2.68. The summed E-state index contributed by atoms with van der Waals surface area (Å²) in [6.45, 7) is 25.8. The van der Waals surface area contributed by atoms with Crippen LogP contribution >= 0.6 is 28.4 Å². The summed E-state index contributed by atoms with van der Waals surface area (Å²) in [5.41, 5.74) is 0. The van der Waals surface area contributed by atoms with Crippen LogP contribution in [0.1, 0.15) is 6.92 Å². The predicted molar refractivity (Wildman–Crippen MR) is 96.8 cm³/mol. The van der Waals surface area contributed by atoms with Gasteiger partial charge in [0.05, 0.1) is 0 Å². The molecule has 0 aliphatic carbocycles. The molecule has 0 aromatic carbocycles. The monoisotopic (exact) mass is 310 g/mol. The summed E-state index contributed by atoms with van der Waals surface area (Å²) in [7, 11) is -0.444. The van der Waals surface area contributed by atoms with Crippen molar-refractivity contribution >= 4 is 101 Å². The van der Waals surface area contributed by atoms with Crippen LogP contribution in [0.2, 0.25) is 6.32 Å². The minimum absolute atomic E-state index is 0.444. The first-order valence-electron chi connectivity index (χ1n) is 4.80. The third-order valence-electron chi connectivity index (χ3n) is 1.38. The van der Waals surface area contributed by atoms with E-state index in [9.17, 15) is 0 Å². The van der Waals surface area contributed by atoms with Gasteiger partial charge >= 0.3 is 115 Å². The van der Waals surface area contributed by atoms with E-state index >= 15 is 0 Å². The first kappa shape index (κ1) is 16.8. The van der Waals surface area contributed by atoms with Gasteiger partial charge in [0.2, 0.25) is 0 Å². The van der Waals surface area contributed by atoms with Crippen LogP contribution < -0.4 is 0 Å². The molecule has 0 heterocycles. The Labute approximate surface area is 114 Å². The Kier molecular flexibility index (Phi) is 15.5. The maximum absolute atomic E-state index is 5.60. The maximum atomic E-state index is 5.60. The van der Waals surface area contributed by atoms with E-state index in [0.29, 0.717) is 0 Å². The summed E-state index contributed by atoms with van der Waals surface area (Å²) >= 11 is 2.21. The molecule has 0 aromatic heterocycles. The van der Waals surface area contributed by atoms with Crippen molar-refractivity contribution in [3.63, 3.8) is 0 Å². The standard InChI is InChI=1S/C2H6B11IS/c1-2-4-5-6-7-8-9-10-11-12-13-15(3)14/h15H,2H2,1H3. The topological polar surface area (TPSA) is 0 Å². The van der Waals surface area contributed by atoms with E-state index in [-0.39, 0.29) is 0 Å². The molecule has 1 unspecified atom stereocenters. The molecule has 0 aliphatic rings. The molecule has 0 fully saturated rings. The van der Waals surface area contributed by atoms with Crippen molar-refractivity contribution in [3.8, 4) is 0 Å². The van der Waals surface area contributed by atoms with Gasteiger partial charge in [0, 0.05) is 0 Å². The Morgan fingerprint density at radius 2 is 1.40 bits per heavy atom. The average Bonchev–Trinajstić information content (AvgIpc) is 2.20. The molecule has 0 rings (SSSR count). The number of hydrogen-bond acceptors (Lipinski definition) is 0. The van der Waals surface area contributed by atoms with Crippen LogP contribution in [0.4, 0.5) is 0 Å². The molecule has 0 saturated heterocycles. The van der Waals surface area contributed by atoms with Crippen molar-refractivity contribution in [3.05, 3.63) is 0 Å². The molecular formula is C2H6B11IS. The molecule has 15 heavy (non-hydrogen) atoms. The molecule has 0 radical (unpaired) electrons. The normalized spacial score (nSPS) is 10.4. The van der Waals surface area contributed by atoms with Gasteiger partial charge in [-0.25, -0.2) is 0 Å². The average molecular weight is 308 g/mol. The van der Waals surface area contributed by atoms with Crippen LogP contribution in [0, 0.1) is 0 Å². The van der Waals surface area contributed by atoms with Crippen LogP contribution in [0.15, 0.2) is 0 Å². The SMILES string of the molecule is B#[SH](I)B=BB=BB=BB=BB=BCC.